The number of nitrogens with one attached hydrogen (secondary N) is 1. The number of para-hydroxylation sites is 1. The first-order valence-electron chi connectivity index (χ1n) is 5.99. The lowest BCUT2D eigenvalue weighted by Gasteiger charge is -2.07. The molecule has 0 unspecified atom stereocenters. The van der Waals surface area contributed by atoms with E-state index in [1.165, 1.54) is 0 Å². The first-order valence-corrected chi connectivity index (χ1v) is 6.36. The predicted octanol–water partition coefficient (Wildman–Crippen LogP) is 2.87. The van der Waals surface area contributed by atoms with E-state index in [1.54, 1.807) is 30.2 Å². The molecule has 5 nitrogen and oxygen atoms in total. The molecule has 0 bridgehead atoms. The minimum absolute atomic E-state index is 0.237. The zero-order valence-electron chi connectivity index (χ0n) is 10.7. The zero-order valence-corrected chi connectivity index (χ0v) is 11.4. The molecule has 1 N–H and O–H groups in total. The number of pyridine rings is 1. The molecule has 100 valence electrons. The molecule has 3 rings (SSSR count). The van der Waals surface area contributed by atoms with E-state index < -0.39 is 0 Å². The van der Waals surface area contributed by atoms with Gasteiger partial charge in [-0.25, -0.2) is 4.98 Å². The minimum Gasteiger partial charge on any atom is -0.319 e. The summed E-state index contributed by atoms with van der Waals surface area (Å²) in [6.07, 6.45) is 3.31. The smallest absolute Gasteiger partial charge is 0.256 e. The van der Waals surface area contributed by atoms with Crippen LogP contribution in [0.15, 0.2) is 42.7 Å². The molecule has 0 aliphatic rings. The third-order valence-electron chi connectivity index (χ3n) is 2.89. The number of carbonyl (C=O) groups excluding carboxylic acids is 1. The van der Waals surface area contributed by atoms with Crippen LogP contribution in [-0.2, 0) is 7.05 Å². The molecule has 2 heterocycles. The summed E-state index contributed by atoms with van der Waals surface area (Å²) in [5.74, 6) is -0.237. The fraction of sp³-hybridized carbons (Fsp3) is 0.0714. The Morgan fingerprint density at radius 2 is 2.15 bits per heavy atom. The second kappa shape index (κ2) is 4.94. The number of fused-ring (bicyclic) bond motifs is 1. The zero-order chi connectivity index (χ0) is 14.1. The van der Waals surface area contributed by atoms with Crippen LogP contribution < -0.4 is 5.32 Å². The van der Waals surface area contributed by atoms with Gasteiger partial charge >= 0.3 is 0 Å². The standard InChI is InChI=1S/C14H11ClN4O/c1-19-8-9(7-16-19)17-14(20)11-6-13(15)18-12-5-3-2-4-10(11)12/h2-8H,1H3,(H,17,20). The van der Waals surface area contributed by atoms with Crippen molar-refractivity contribution in [1.29, 1.82) is 0 Å². The Morgan fingerprint density at radius 1 is 1.35 bits per heavy atom. The van der Waals surface area contributed by atoms with Gasteiger partial charge in [0.1, 0.15) is 5.15 Å². The first kappa shape index (κ1) is 12.6. The summed E-state index contributed by atoms with van der Waals surface area (Å²) < 4.78 is 1.62. The topological polar surface area (TPSA) is 59.8 Å². The molecule has 0 atom stereocenters. The monoisotopic (exact) mass is 286 g/mol. The number of benzene rings is 1. The van der Waals surface area contributed by atoms with Gasteiger partial charge in [0.05, 0.1) is 23.0 Å². The summed E-state index contributed by atoms with van der Waals surface area (Å²) in [6.45, 7) is 0. The number of halogens is 1. The maximum absolute atomic E-state index is 12.4. The molecule has 0 aliphatic carbocycles. The molecule has 2 aromatic heterocycles. The summed E-state index contributed by atoms with van der Waals surface area (Å²) in [7, 11) is 1.79. The second-order valence-corrected chi connectivity index (χ2v) is 4.75. The van der Waals surface area contributed by atoms with Crippen LogP contribution in [0.25, 0.3) is 10.9 Å². The fourth-order valence-electron chi connectivity index (χ4n) is 2.02. The van der Waals surface area contributed by atoms with Crippen molar-refractivity contribution in [3.05, 3.63) is 53.4 Å². The van der Waals surface area contributed by atoms with E-state index in [4.69, 9.17) is 11.6 Å². The Bertz CT molecular complexity index is 797. The van der Waals surface area contributed by atoms with Crippen LogP contribution in [0.1, 0.15) is 10.4 Å². The maximum Gasteiger partial charge on any atom is 0.256 e. The normalized spacial score (nSPS) is 10.7. The number of anilines is 1. The first-order chi connectivity index (χ1) is 9.63. The van der Waals surface area contributed by atoms with E-state index in [0.29, 0.717) is 21.9 Å². The fourth-order valence-corrected chi connectivity index (χ4v) is 2.22. The van der Waals surface area contributed by atoms with Crippen molar-refractivity contribution in [3.63, 3.8) is 0 Å². The predicted molar refractivity (Wildman–Crippen MR) is 77.9 cm³/mol. The number of carbonyl (C=O) groups is 1. The number of amides is 1. The van der Waals surface area contributed by atoms with Gasteiger partial charge in [-0.15, -0.1) is 0 Å². The molecule has 3 aromatic rings. The number of nitrogens with zero attached hydrogens (tertiary/aromatic N) is 3. The highest BCUT2D eigenvalue weighted by Gasteiger charge is 2.13. The molecule has 0 saturated heterocycles. The van der Waals surface area contributed by atoms with Crippen LogP contribution in [0.5, 0.6) is 0 Å². The molecular formula is C14H11ClN4O. The van der Waals surface area contributed by atoms with Crippen molar-refractivity contribution < 1.29 is 4.79 Å². The molecule has 6 heteroatoms. The van der Waals surface area contributed by atoms with E-state index in [1.807, 2.05) is 24.3 Å². The van der Waals surface area contributed by atoms with Crippen LogP contribution in [-0.4, -0.2) is 20.7 Å². The van der Waals surface area contributed by atoms with E-state index in [2.05, 4.69) is 15.4 Å². The average Bonchev–Trinajstić information content (AvgIpc) is 2.83. The molecule has 1 aromatic carbocycles. The summed E-state index contributed by atoms with van der Waals surface area (Å²) in [5, 5.41) is 7.85. The third-order valence-corrected chi connectivity index (χ3v) is 3.09. The Kier molecular flexibility index (Phi) is 3.12. The highest BCUT2D eigenvalue weighted by molar-refractivity contribution is 6.30. The van der Waals surface area contributed by atoms with Crippen LogP contribution in [0.2, 0.25) is 5.15 Å². The van der Waals surface area contributed by atoms with Crippen LogP contribution in [0, 0.1) is 0 Å². The van der Waals surface area contributed by atoms with Gasteiger partial charge in [0, 0.05) is 18.6 Å². The SMILES string of the molecule is Cn1cc(NC(=O)c2cc(Cl)nc3ccccc23)cn1. The summed E-state index contributed by atoms with van der Waals surface area (Å²) in [4.78, 5) is 16.6. The molecule has 0 radical (unpaired) electrons. The molecule has 20 heavy (non-hydrogen) atoms. The van der Waals surface area contributed by atoms with Crippen LogP contribution in [0.4, 0.5) is 5.69 Å². The van der Waals surface area contributed by atoms with Crippen LogP contribution >= 0.6 is 11.6 Å². The maximum atomic E-state index is 12.4. The lowest BCUT2D eigenvalue weighted by atomic mass is 10.1. The van der Waals surface area contributed by atoms with Gasteiger partial charge in [-0.3, -0.25) is 9.48 Å². The number of rotatable bonds is 2. The van der Waals surface area contributed by atoms with Gasteiger partial charge < -0.3 is 5.32 Å². The number of aromatic nitrogens is 3. The van der Waals surface area contributed by atoms with Crippen molar-refractivity contribution in [2.45, 2.75) is 0 Å². The van der Waals surface area contributed by atoms with Crippen LogP contribution in [0.3, 0.4) is 0 Å². The molecular weight excluding hydrogens is 276 g/mol. The van der Waals surface area contributed by atoms with E-state index in [9.17, 15) is 4.79 Å². The van der Waals surface area contributed by atoms with Gasteiger partial charge in [0.25, 0.3) is 5.91 Å². The third kappa shape index (κ3) is 2.35. The summed E-state index contributed by atoms with van der Waals surface area (Å²) in [6, 6.07) is 8.95. The highest BCUT2D eigenvalue weighted by Crippen LogP contribution is 2.21. The minimum atomic E-state index is -0.237. The van der Waals surface area contributed by atoms with Gasteiger partial charge in [-0.2, -0.15) is 5.10 Å². The van der Waals surface area contributed by atoms with Gasteiger partial charge in [-0.1, -0.05) is 29.8 Å². The largest absolute Gasteiger partial charge is 0.319 e. The van der Waals surface area contributed by atoms with Gasteiger partial charge in [0.15, 0.2) is 0 Å². The van der Waals surface area contributed by atoms with Crippen molar-refractivity contribution in [3.8, 4) is 0 Å². The molecule has 1 amide bonds. The summed E-state index contributed by atoms with van der Waals surface area (Å²) >= 11 is 5.97. The van der Waals surface area contributed by atoms with Gasteiger partial charge in [0.2, 0.25) is 0 Å². The Hall–Kier alpha value is -2.40. The Balaban J connectivity index is 2.02. The molecule has 0 aliphatic heterocycles. The Labute approximate surface area is 120 Å². The van der Waals surface area contributed by atoms with Crippen molar-refractivity contribution in [1.82, 2.24) is 14.8 Å². The van der Waals surface area contributed by atoms with Crippen molar-refractivity contribution in [2.24, 2.45) is 7.05 Å². The number of aryl methyl sites for hydroxylation is 1. The molecule has 0 spiro atoms. The van der Waals surface area contributed by atoms with E-state index >= 15 is 0 Å². The van der Waals surface area contributed by atoms with E-state index in [-0.39, 0.29) is 5.91 Å². The highest BCUT2D eigenvalue weighted by atomic mass is 35.5. The second-order valence-electron chi connectivity index (χ2n) is 4.37. The number of hydrogen-bond donors (Lipinski definition) is 1. The molecule has 0 saturated carbocycles. The summed E-state index contributed by atoms with van der Waals surface area (Å²) in [5.41, 5.74) is 1.82. The lowest BCUT2D eigenvalue weighted by molar-refractivity contribution is 0.102. The number of hydrogen-bond acceptors (Lipinski definition) is 3. The van der Waals surface area contributed by atoms with Gasteiger partial charge in [-0.05, 0) is 12.1 Å². The van der Waals surface area contributed by atoms with Crippen molar-refractivity contribution >= 4 is 34.1 Å². The van der Waals surface area contributed by atoms with Crippen molar-refractivity contribution in [2.75, 3.05) is 5.32 Å². The molecule has 0 fully saturated rings. The average molecular weight is 287 g/mol. The Morgan fingerprint density at radius 3 is 2.90 bits per heavy atom. The quantitative estimate of drug-likeness (QED) is 0.737. The van der Waals surface area contributed by atoms with E-state index in [0.717, 1.165) is 5.39 Å². The lowest BCUT2D eigenvalue weighted by Crippen LogP contribution is -2.12.